The molecule has 1 amide bonds. The second kappa shape index (κ2) is 6.95. The summed E-state index contributed by atoms with van der Waals surface area (Å²) in [7, 11) is 0. The first-order chi connectivity index (χ1) is 14.5. The molecule has 4 aromatic rings. The fourth-order valence-corrected chi connectivity index (χ4v) is 3.83. The summed E-state index contributed by atoms with van der Waals surface area (Å²) in [6, 6.07) is 16.0. The molecule has 0 spiro atoms. The van der Waals surface area contributed by atoms with Crippen molar-refractivity contribution < 1.29 is 9.18 Å². The maximum absolute atomic E-state index is 13.9. The van der Waals surface area contributed by atoms with Crippen LogP contribution in [0.4, 0.5) is 4.39 Å². The van der Waals surface area contributed by atoms with Crippen LogP contribution in [0.2, 0.25) is 0 Å². The van der Waals surface area contributed by atoms with Gasteiger partial charge in [-0.05, 0) is 30.2 Å². The van der Waals surface area contributed by atoms with Crippen molar-refractivity contribution in [3.8, 4) is 11.3 Å². The van der Waals surface area contributed by atoms with E-state index in [1.54, 1.807) is 24.0 Å². The van der Waals surface area contributed by atoms with Crippen LogP contribution in [-0.4, -0.2) is 31.9 Å². The zero-order valence-electron chi connectivity index (χ0n) is 16.4. The number of nitrogens with zero attached hydrogens (tertiary/aromatic N) is 3. The zero-order chi connectivity index (χ0) is 20.8. The second-order valence-electron chi connectivity index (χ2n) is 7.51. The highest BCUT2D eigenvalue weighted by atomic mass is 19.1. The minimum atomic E-state index is -0.415. The average molecular weight is 402 g/mol. The van der Waals surface area contributed by atoms with Crippen LogP contribution in [0.5, 0.6) is 0 Å². The third kappa shape index (κ3) is 2.99. The quantitative estimate of drug-likeness (QED) is 0.559. The summed E-state index contributed by atoms with van der Waals surface area (Å²) in [5.74, 6) is -0.706. The second-order valence-corrected chi connectivity index (χ2v) is 7.51. The van der Waals surface area contributed by atoms with Crippen LogP contribution in [0.1, 0.15) is 27.2 Å². The normalized spacial score (nSPS) is 13.5. The van der Waals surface area contributed by atoms with Crippen LogP contribution < -0.4 is 5.56 Å². The van der Waals surface area contributed by atoms with E-state index in [9.17, 15) is 14.0 Å². The number of benzene rings is 2. The average Bonchev–Trinajstić information content (AvgIpc) is 3.20. The summed E-state index contributed by atoms with van der Waals surface area (Å²) in [6.45, 7) is 2.23. The number of hydrogen-bond acceptors (Lipinski definition) is 3. The molecule has 0 aliphatic carbocycles. The van der Waals surface area contributed by atoms with E-state index < -0.39 is 5.82 Å². The number of aromatic nitrogens is 3. The Hall–Kier alpha value is -3.74. The molecule has 0 unspecified atom stereocenters. The summed E-state index contributed by atoms with van der Waals surface area (Å²) in [5, 5.41) is 3.11. The minimum Gasteiger partial charge on any atom is -0.334 e. The molecule has 6 nitrogen and oxygen atoms in total. The molecule has 0 atom stereocenters. The summed E-state index contributed by atoms with van der Waals surface area (Å²) < 4.78 is 15.3. The molecule has 1 N–H and O–H groups in total. The van der Waals surface area contributed by atoms with Gasteiger partial charge in [-0.25, -0.2) is 13.9 Å². The van der Waals surface area contributed by atoms with Gasteiger partial charge in [-0.2, -0.15) is 0 Å². The Morgan fingerprint density at radius 2 is 1.93 bits per heavy atom. The number of aromatic amines is 1. The Labute approximate surface area is 171 Å². The molecule has 30 heavy (non-hydrogen) atoms. The van der Waals surface area contributed by atoms with Crippen molar-refractivity contribution in [2.45, 2.75) is 19.9 Å². The number of amides is 1. The summed E-state index contributed by atoms with van der Waals surface area (Å²) in [4.78, 5) is 32.2. The molecular weight excluding hydrogens is 383 g/mol. The number of aryl methyl sites for hydroxylation is 1. The van der Waals surface area contributed by atoms with Gasteiger partial charge in [-0.1, -0.05) is 36.4 Å². The fourth-order valence-electron chi connectivity index (χ4n) is 3.83. The van der Waals surface area contributed by atoms with E-state index in [4.69, 9.17) is 0 Å². The van der Waals surface area contributed by atoms with Gasteiger partial charge in [-0.15, -0.1) is 0 Å². The third-order valence-electron chi connectivity index (χ3n) is 5.55. The highest BCUT2D eigenvalue weighted by molar-refractivity contribution is 5.94. The summed E-state index contributed by atoms with van der Waals surface area (Å²) in [6.07, 6.45) is 0.479. The van der Waals surface area contributed by atoms with Gasteiger partial charge >= 0.3 is 0 Å². The molecule has 2 aromatic heterocycles. The van der Waals surface area contributed by atoms with Crippen LogP contribution in [0.3, 0.4) is 0 Å². The number of fused-ring (bicyclic) bond motifs is 2. The van der Waals surface area contributed by atoms with E-state index in [1.807, 2.05) is 36.4 Å². The van der Waals surface area contributed by atoms with Crippen LogP contribution in [0.25, 0.3) is 16.9 Å². The van der Waals surface area contributed by atoms with E-state index in [0.29, 0.717) is 35.4 Å². The Balaban J connectivity index is 1.51. The molecule has 3 heterocycles. The number of rotatable bonds is 2. The zero-order valence-corrected chi connectivity index (χ0v) is 16.4. The number of H-pyrrole nitrogens is 1. The lowest BCUT2D eigenvalue weighted by molar-refractivity contribution is 0.0732. The topological polar surface area (TPSA) is 70.5 Å². The minimum absolute atomic E-state index is 0.151. The number of nitrogens with one attached hydrogen (secondary N) is 1. The van der Waals surface area contributed by atoms with Gasteiger partial charge in [0.15, 0.2) is 5.65 Å². The number of hydrogen-bond donors (Lipinski definition) is 1. The number of halogens is 1. The maximum atomic E-state index is 13.9. The van der Waals surface area contributed by atoms with Crippen molar-refractivity contribution in [1.29, 1.82) is 0 Å². The van der Waals surface area contributed by atoms with E-state index >= 15 is 0 Å². The Kier molecular flexibility index (Phi) is 4.24. The first kappa shape index (κ1) is 18.3. The van der Waals surface area contributed by atoms with Crippen LogP contribution >= 0.6 is 0 Å². The van der Waals surface area contributed by atoms with Crippen molar-refractivity contribution in [3.63, 3.8) is 0 Å². The molecule has 7 heteroatoms. The first-order valence-corrected chi connectivity index (χ1v) is 9.75. The van der Waals surface area contributed by atoms with E-state index in [2.05, 4.69) is 10.1 Å². The van der Waals surface area contributed by atoms with E-state index in [-0.39, 0.29) is 23.6 Å². The van der Waals surface area contributed by atoms with E-state index in [1.165, 1.54) is 10.6 Å². The Bertz CT molecular complexity index is 1340. The van der Waals surface area contributed by atoms with Crippen LogP contribution in [-0.2, 0) is 13.0 Å². The van der Waals surface area contributed by atoms with Crippen LogP contribution in [0, 0.1) is 12.7 Å². The Morgan fingerprint density at radius 1 is 1.13 bits per heavy atom. The van der Waals surface area contributed by atoms with Gasteiger partial charge in [0.2, 0.25) is 0 Å². The highest BCUT2D eigenvalue weighted by Crippen LogP contribution is 2.21. The van der Waals surface area contributed by atoms with Gasteiger partial charge in [-0.3, -0.25) is 14.7 Å². The fraction of sp³-hybridized carbons (Fsp3) is 0.174. The molecule has 2 aromatic carbocycles. The van der Waals surface area contributed by atoms with Crippen molar-refractivity contribution in [2.24, 2.45) is 0 Å². The number of carbonyl (C=O) groups is 1. The van der Waals surface area contributed by atoms with Crippen molar-refractivity contribution in [1.82, 2.24) is 19.5 Å². The van der Waals surface area contributed by atoms with Crippen molar-refractivity contribution in [3.05, 3.63) is 93.2 Å². The number of carbonyl (C=O) groups excluding carboxylic acids is 1. The molecule has 0 fully saturated rings. The van der Waals surface area contributed by atoms with E-state index in [0.717, 1.165) is 11.3 Å². The monoisotopic (exact) mass is 402 g/mol. The molecule has 0 bridgehead atoms. The maximum Gasteiger partial charge on any atom is 0.277 e. The smallest absolute Gasteiger partial charge is 0.277 e. The molecule has 0 saturated heterocycles. The van der Waals surface area contributed by atoms with Gasteiger partial charge in [0, 0.05) is 24.6 Å². The predicted molar refractivity (Wildman–Crippen MR) is 111 cm³/mol. The predicted octanol–water partition coefficient (Wildman–Crippen LogP) is 3.34. The van der Waals surface area contributed by atoms with Crippen molar-refractivity contribution >= 4 is 11.6 Å². The van der Waals surface area contributed by atoms with Gasteiger partial charge in [0.1, 0.15) is 5.82 Å². The molecule has 1 aliphatic rings. The Morgan fingerprint density at radius 3 is 2.70 bits per heavy atom. The third-order valence-corrected chi connectivity index (χ3v) is 5.55. The standard InChI is InChI=1S/C23H19FN4O2/c1-14-7-8-16(11-18(14)24)22(29)27-10-9-19-17(13-27)23(30)28-21(25-19)12-20(26-28)15-5-3-2-4-6-15/h2-8,11-12,26H,9-10,13H2,1H3. The molecular formula is C23H19FN4O2. The lowest BCUT2D eigenvalue weighted by Gasteiger charge is -2.27. The lowest BCUT2D eigenvalue weighted by atomic mass is 10.0. The molecule has 150 valence electrons. The highest BCUT2D eigenvalue weighted by Gasteiger charge is 2.26. The van der Waals surface area contributed by atoms with Gasteiger partial charge in [0.05, 0.1) is 23.5 Å². The summed E-state index contributed by atoms with van der Waals surface area (Å²) >= 11 is 0. The largest absolute Gasteiger partial charge is 0.334 e. The van der Waals surface area contributed by atoms with Gasteiger partial charge in [0.25, 0.3) is 11.5 Å². The lowest BCUT2D eigenvalue weighted by Crippen LogP contribution is -2.40. The molecule has 1 aliphatic heterocycles. The van der Waals surface area contributed by atoms with Crippen LogP contribution in [0.15, 0.2) is 59.4 Å². The first-order valence-electron chi connectivity index (χ1n) is 9.75. The molecule has 0 saturated carbocycles. The van der Waals surface area contributed by atoms with Crippen molar-refractivity contribution in [2.75, 3.05) is 6.54 Å². The SMILES string of the molecule is Cc1ccc(C(=O)N2CCc3nc4cc(-c5ccccc5)[nH]n4c(=O)c3C2)cc1F. The molecule has 0 radical (unpaired) electrons. The molecule has 5 rings (SSSR count). The summed E-state index contributed by atoms with van der Waals surface area (Å²) in [5.41, 5.74) is 4.05. The van der Waals surface area contributed by atoms with Gasteiger partial charge < -0.3 is 4.90 Å².